The van der Waals surface area contributed by atoms with Gasteiger partial charge >= 0.3 is 0 Å². The van der Waals surface area contributed by atoms with Crippen molar-refractivity contribution in [2.24, 2.45) is 0 Å². The number of fused-ring (bicyclic) bond motifs is 8. The lowest BCUT2D eigenvalue weighted by Crippen LogP contribution is -2.23. The molecule has 0 N–H and O–H groups in total. The first kappa shape index (κ1) is 83.4. The van der Waals surface area contributed by atoms with Crippen LogP contribution < -0.4 is 39.2 Å². The van der Waals surface area contributed by atoms with Crippen molar-refractivity contribution in [3.63, 3.8) is 0 Å². The number of anilines is 24. The Kier molecular flexibility index (Phi) is 23.1. The fourth-order valence-corrected chi connectivity index (χ4v) is 18.2. The van der Waals surface area contributed by atoms with Gasteiger partial charge in [0.2, 0.25) is 0 Å². The van der Waals surface area contributed by atoms with E-state index in [1.165, 1.54) is 0 Å². The fraction of sp³-hybridized carbons (Fsp3) is 0. The molecule has 0 unspecified atom stereocenters. The summed E-state index contributed by atoms with van der Waals surface area (Å²) in [5.74, 6) is 0. The van der Waals surface area contributed by atoms with Gasteiger partial charge in [-0.25, -0.2) is 4.98 Å². The summed E-state index contributed by atoms with van der Waals surface area (Å²) in [5, 5.41) is 37.3. The van der Waals surface area contributed by atoms with Crippen LogP contribution in [0.1, 0.15) is 22.4 Å². The molecule has 0 aliphatic carbocycles. The van der Waals surface area contributed by atoms with Gasteiger partial charge in [-0.05, 0) is 243 Å². The molecule has 4 aliphatic heterocycles. The number of para-hydroxylation sites is 20. The molecule has 0 saturated heterocycles. The predicted octanol–water partition coefficient (Wildman–Crippen LogP) is 31.5. The first-order chi connectivity index (χ1) is 67.3. The molecule has 0 radical (unpaired) electrons. The zero-order valence-electron chi connectivity index (χ0n) is 73.3. The van der Waals surface area contributed by atoms with E-state index < -0.39 is 0 Å². The number of nitrogens with zero attached hydrogens (tertiary/aromatic N) is 16. The third kappa shape index (κ3) is 16.2. The maximum absolute atomic E-state index is 9.59. The van der Waals surface area contributed by atoms with Crippen LogP contribution >= 0.6 is 0 Å². The highest BCUT2D eigenvalue weighted by Crippen LogP contribution is 2.60. The fourth-order valence-electron chi connectivity index (χ4n) is 18.2. The minimum absolute atomic E-state index is 0.412. The highest BCUT2D eigenvalue weighted by molar-refractivity contribution is 6.07. The number of nitriles is 4. The molecule has 4 aromatic heterocycles. The van der Waals surface area contributed by atoms with E-state index in [-0.39, 0.29) is 0 Å². The molecule has 136 heavy (non-hydrogen) atoms. The number of aromatic nitrogens is 4. The summed E-state index contributed by atoms with van der Waals surface area (Å²) < 4.78 is 0. The van der Waals surface area contributed by atoms with Crippen LogP contribution in [0, 0.1) is 45.3 Å². The number of hydrogen-bond donors (Lipinski definition) is 0. The number of rotatable bonds is 12. The molecule has 16 nitrogen and oxygen atoms in total. The van der Waals surface area contributed by atoms with Crippen molar-refractivity contribution in [2.45, 2.75) is 0 Å². The van der Waals surface area contributed by atoms with Crippen molar-refractivity contribution in [3.8, 4) is 69.3 Å². The van der Waals surface area contributed by atoms with Crippen LogP contribution in [0.2, 0.25) is 0 Å². The summed E-state index contributed by atoms with van der Waals surface area (Å²) in [5.41, 5.74) is 35.4. The lowest BCUT2D eigenvalue weighted by Gasteiger charge is -2.40. The highest BCUT2D eigenvalue weighted by atomic mass is 15.3. The summed E-state index contributed by atoms with van der Waals surface area (Å²) >= 11 is 0. The van der Waals surface area contributed by atoms with E-state index in [0.29, 0.717) is 28.1 Å². The zero-order valence-corrected chi connectivity index (χ0v) is 73.3. The van der Waals surface area contributed by atoms with Crippen LogP contribution in [0.25, 0.3) is 45.0 Å². The summed E-state index contributed by atoms with van der Waals surface area (Å²) in [4.78, 5) is 36.4. The monoisotopic (exact) mass is 1740 g/mol. The van der Waals surface area contributed by atoms with Crippen LogP contribution in [0.15, 0.2) is 486 Å². The van der Waals surface area contributed by atoms with Gasteiger partial charge in [0, 0.05) is 86.3 Å². The van der Waals surface area contributed by atoms with Gasteiger partial charge in [0.25, 0.3) is 0 Å². The number of pyridine rings is 4. The Hall–Kier alpha value is -19.5. The molecule has 8 heterocycles. The normalized spacial score (nSPS) is 12.0. The van der Waals surface area contributed by atoms with E-state index >= 15 is 0 Å². The molecule has 0 bridgehead atoms. The minimum atomic E-state index is 0.412. The Balaban J connectivity index is 0.000000108. The van der Waals surface area contributed by atoms with Crippen molar-refractivity contribution in [2.75, 3.05) is 39.2 Å². The van der Waals surface area contributed by atoms with Gasteiger partial charge in [-0.15, -0.1) is 0 Å². The average Bonchev–Trinajstić information content (AvgIpc) is 0.747. The molecule has 0 saturated carbocycles. The van der Waals surface area contributed by atoms with E-state index in [0.717, 1.165) is 176 Å². The second-order valence-electron chi connectivity index (χ2n) is 32.3. The minimum Gasteiger partial charge on any atom is -0.306 e. The predicted molar refractivity (Wildman–Crippen MR) is 549 cm³/mol. The second kappa shape index (κ2) is 37.7. The molecular formula is C120H80N16. The van der Waals surface area contributed by atoms with Crippen molar-refractivity contribution in [1.82, 2.24) is 19.9 Å². The van der Waals surface area contributed by atoms with Gasteiger partial charge in [-0.1, -0.05) is 224 Å². The summed E-state index contributed by atoms with van der Waals surface area (Å²) in [6.07, 6.45) is 5.03. The Morgan fingerprint density at radius 1 is 0.176 bits per heavy atom. The van der Waals surface area contributed by atoms with Crippen molar-refractivity contribution >= 4 is 136 Å². The Labute approximate surface area is 788 Å². The molecule has 0 spiro atoms. The molecule has 16 aromatic carbocycles. The molecule has 0 amide bonds. The van der Waals surface area contributed by atoms with Crippen LogP contribution in [0.3, 0.4) is 0 Å². The number of benzene rings is 16. The molecule has 640 valence electrons. The van der Waals surface area contributed by atoms with Crippen LogP contribution in [-0.2, 0) is 0 Å². The maximum atomic E-state index is 9.59. The molecule has 24 rings (SSSR count). The van der Waals surface area contributed by atoms with Crippen LogP contribution in [0.5, 0.6) is 0 Å². The maximum Gasteiger partial charge on any atom is 0.141 e. The highest BCUT2D eigenvalue weighted by Gasteiger charge is 2.36. The first-order valence-electron chi connectivity index (χ1n) is 44.5. The third-order valence-electron chi connectivity index (χ3n) is 24.1. The molecule has 20 aromatic rings. The Morgan fingerprint density at radius 3 is 0.772 bits per heavy atom. The van der Waals surface area contributed by atoms with Crippen molar-refractivity contribution in [3.05, 3.63) is 508 Å². The van der Waals surface area contributed by atoms with Gasteiger partial charge < -0.3 is 39.2 Å². The summed E-state index contributed by atoms with van der Waals surface area (Å²) in [7, 11) is 0. The number of hydrogen-bond acceptors (Lipinski definition) is 16. The quantitative estimate of drug-likeness (QED) is 0.113. The lowest BCUT2D eigenvalue weighted by atomic mass is 10.0. The van der Waals surface area contributed by atoms with Gasteiger partial charge in [-0.2, -0.15) is 21.0 Å². The van der Waals surface area contributed by atoms with Crippen LogP contribution in [-0.4, -0.2) is 19.9 Å². The van der Waals surface area contributed by atoms with E-state index in [2.05, 4.69) is 435 Å². The zero-order chi connectivity index (χ0) is 91.6. The topological polar surface area (TPSA) is 173 Å². The van der Waals surface area contributed by atoms with Gasteiger partial charge in [-0.3, -0.25) is 15.0 Å². The summed E-state index contributed by atoms with van der Waals surface area (Å²) in [6.45, 7) is 0. The molecule has 4 aliphatic rings. The van der Waals surface area contributed by atoms with E-state index in [4.69, 9.17) is 5.26 Å². The lowest BCUT2D eigenvalue weighted by molar-refractivity contribution is 1.17. The Morgan fingerprint density at radius 2 is 0.463 bits per heavy atom. The molecule has 0 atom stereocenters. The van der Waals surface area contributed by atoms with E-state index in [1.807, 2.05) is 84.9 Å². The van der Waals surface area contributed by atoms with Gasteiger partial charge in [0.15, 0.2) is 0 Å². The third-order valence-corrected chi connectivity index (χ3v) is 24.1. The summed E-state index contributed by atoms with van der Waals surface area (Å²) in [6, 6.07) is 168. The Bertz CT molecular complexity index is 7580. The SMILES string of the molecule is N#Cc1ccc(-c2cccc(N3c4ccccc4N(c4ccccc4)c4ccccc43)c2)nc1.N#Cc1cccc(-c2cccc(N3c4ccccc4N(c4ccccc4)c4ccccc43)c2)n1.N#Cc1cccnc1-c1cccc(N2c3ccccc3N(c3ccccc3)c3ccccc32)c1.N#Cc1ccnc(-c2cccc(N3c4ccccc4N(c4ccccc4)c4ccccc43)c2)c1. The molecule has 16 heteroatoms. The standard InChI is InChI=1S/4C30H20N4/c31-21-23-11-9-15-26(32-23)22-10-8-14-25(20-22)34-29-18-6-4-16-27(29)33(24-12-2-1-3-13-24)28-17-5-7-19-30(28)34;31-21-23-11-9-19-32-30(23)22-10-8-14-25(20-22)34-28-17-6-4-15-26(28)33(24-12-2-1-3-13-24)27-16-5-7-18-29(27)34;31-20-22-17-18-26(32-21-22)23-9-8-12-25(19-23)34-29-15-6-4-13-27(29)33(24-10-2-1-3-11-24)28-14-5-7-16-30(28)34;31-21-22-17-18-32-26(19-22)23-9-8-12-25(20-23)34-29-15-6-4-13-27(29)33(24-10-2-1-3-11-24)28-14-5-7-16-30(28)34/h2*1-20H;1-19,21H;1-20H. The average molecular weight is 1750 g/mol. The van der Waals surface area contributed by atoms with Crippen molar-refractivity contribution < 1.29 is 0 Å². The molecular weight excluding hydrogens is 1670 g/mol. The van der Waals surface area contributed by atoms with Crippen molar-refractivity contribution in [1.29, 1.82) is 21.0 Å². The second-order valence-corrected chi connectivity index (χ2v) is 32.3. The van der Waals surface area contributed by atoms with Gasteiger partial charge in [0.1, 0.15) is 23.9 Å². The van der Waals surface area contributed by atoms with E-state index in [9.17, 15) is 15.8 Å². The van der Waals surface area contributed by atoms with E-state index in [1.54, 1.807) is 48.9 Å². The smallest absolute Gasteiger partial charge is 0.141 e. The molecule has 0 fully saturated rings. The largest absolute Gasteiger partial charge is 0.306 e. The first-order valence-corrected chi connectivity index (χ1v) is 44.5. The van der Waals surface area contributed by atoms with Crippen LogP contribution in [0.4, 0.5) is 136 Å². The van der Waals surface area contributed by atoms with Gasteiger partial charge in [0.05, 0.1) is 137 Å².